The molecule has 0 aliphatic rings. The summed E-state index contributed by atoms with van der Waals surface area (Å²) in [6.07, 6.45) is 1.69. The van der Waals surface area contributed by atoms with Crippen molar-refractivity contribution in [3.8, 4) is 17.5 Å². The number of hydrogen-bond donors (Lipinski definition) is 2. The van der Waals surface area contributed by atoms with Gasteiger partial charge in [0.25, 0.3) is 0 Å². The molecule has 0 atom stereocenters. The number of aryl methyl sites for hydroxylation is 2. The van der Waals surface area contributed by atoms with E-state index in [4.69, 9.17) is 10.5 Å². The SMILES string of the molecule is COc1ccc(C)c(-n2c(N)c(C#N)c3c(CO)c(C)cnc32)c1C. The first-order chi connectivity index (χ1) is 12.0. The summed E-state index contributed by atoms with van der Waals surface area (Å²) in [5.41, 5.74) is 11.5. The van der Waals surface area contributed by atoms with Crippen molar-refractivity contribution in [3.63, 3.8) is 0 Å². The zero-order chi connectivity index (χ0) is 18.3. The van der Waals surface area contributed by atoms with Gasteiger partial charge in [-0.3, -0.25) is 4.57 Å². The summed E-state index contributed by atoms with van der Waals surface area (Å²) in [7, 11) is 1.62. The van der Waals surface area contributed by atoms with E-state index in [1.165, 1.54) is 0 Å². The van der Waals surface area contributed by atoms with Crippen LogP contribution in [0.1, 0.15) is 27.8 Å². The maximum atomic E-state index is 9.79. The predicted molar refractivity (Wildman–Crippen MR) is 96.9 cm³/mol. The summed E-state index contributed by atoms with van der Waals surface area (Å²) >= 11 is 0. The fourth-order valence-corrected chi connectivity index (χ4v) is 3.34. The predicted octanol–water partition coefficient (Wildman–Crippen LogP) is 2.91. The summed E-state index contributed by atoms with van der Waals surface area (Å²) in [5.74, 6) is 1.04. The fourth-order valence-electron chi connectivity index (χ4n) is 3.34. The minimum Gasteiger partial charge on any atom is -0.496 e. The Balaban J connectivity index is 2.53. The number of nitriles is 1. The second-order valence-corrected chi connectivity index (χ2v) is 6.04. The number of methoxy groups -OCH3 is 1. The average Bonchev–Trinajstić information content (AvgIpc) is 2.87. The van der Waals surface area contributed by atoms with Crippen molar-refractivity contribution in [2.45, 2.75) is 27.4 Å². The van der Waals surface area contributed by atoms with E-state index in [0.717, 1.165) is 28.1 Å². The Kier molecular flexibility index (Phi) is 4.11. The third kappa shape index (κ3) is 2.32. The molecule has 1 aromatic carbocycles. The molecule has 2 heterocycles. The van der Waals surface area contributed by atoms with Gasteiger partial charge in [0.05, 0.1) is 19.4 Å². The molecule has 0 aliphatic carbocycles. The normalized spacial score (nSPS) is 10.9. The summed E-state index contributed by atoms with van der Waals surface area (Å²) < 4.78 is 7.21. The first kappa shape index (κ1) is 16.8. The van der Waals surface area contributed by atoms with E-state index in [9.17, 15) is 10.4 Å². The molecule has 0 fully saturated rings. The standard InChI is InChI=1S/C19H20N4O2/c1-10-5-6-15(25-4)12(3)17(10)23-18(21)13(7-20)16-14(9-24)11(2)8-22-19(16)23/h5-6,8,24H,9,21H2,1-4H3. The number of nitrogens with zero attached hydrogens (tertiary/aromatic N) is 3. The van der Waals surface area contributed by atoms with Gasteiger partial charge in [-0.15, -0.1) is 0 Å². The Morgan fingerprint density at radius 3 is 2.60 bits per heavy atom. The molecule has 2 aromatic heterocycles. The Labute approximate surface area is 146 Å². The molecular formula is C19H20N4O2. The van der Waals surface area contributed by atoms with Crippen molar-refractivity contribution >= 4 is 16.9 Å². The van der Waals surface area contributed by atoms with Gasteiger partial charge < -0.3 is 15.6 Å². The molecule has 0 bridgehead atoms. The molecular weight excluding hydrogens is 316 g/mol. The molecule has 25 heavy (non-hydrogen) atoms. The van der Waals surface area contributed by atoms with Crippen LogP contribution in [0.25, 0.3) is 16.7 Å². The third-order valence-electron chi connectivity index (χ3n) is 4.64. The van der Waals surface area contributed by atoms with E-state index < -0.39 is 0 Å². The van der Waals surface area contributed by atoms with Crippen molar-refractivity contribution in [2.75, 3.05) is 12.8 Å². The lowest BCUT2D eigenvalue weighted by Gasteiger charge is -2.16. The van der Waals surface area contributed by atoms with Crippen molar-refractivity contribution in [1.29, 1.82) is 5.26 Å². The lowest BCUT2D eigenvalue weighted by molar-refractivity contribution is 0.282. The van der Waals surface area contributed by atoms with Gasteiger partial charge in [0, 0.05) is 17.1 Å². The van der Waals surface area contributed by atoms with Gasteiger partial charge in [-0.2, -0.15) is 5.26 Å². The molecule has 0 radical (unpaired) electrons. The van der Waals surface area contributed by atoms with Gasteiger partial charge in [0.1, 0.15) is 28.8 Å². The molecule has 3 rings (SSSR count). The van der Waals surface area contributed by atoms with Gasteiger partial charge in [0.15, 0.2) is 0 Å². The van der Waals surface area contributed by atoms with Crippen LogP contribution in [0.5, 0.6) is 5.75 Å². The Hall–Kier alpha value is -3.04. The molecule has 6 nitrogen and oxygen atoms in total. The number of aliphatic hydroxyl groups is 1. The zero-order valence-corrected chi connectivity index (χ0v) is 14.7. The van der Waals surface area contributed by atoms with Crippen LogP contribution in [0.3, 0.4) is 0 Å². The summed E-state index contributed by atoms with van der Waals surface area (Å²) in [6, 6.07) is 6.01. The largest absolute Gasteiger partial charge is 0.496 e. The molecule has 0 saturated heterocycles. The number of fused-ring (bicyclic) bond motifs is 1. The molecule has 0 saturated carbocycles. The van der Waals surface area contributed by atoms with E-state index in [1.54, 1.807) is 17.9 Å². The number of ether oxygens (including phenoxy) is 1. The van der Waals surface area contributed by atoms with Crippen LogP contribution >= 0.6 is 0 Å². The third-order valence-corrected chi connectivity index (χ3v) is 4.64. The zero-order valence-electron chi connectivity index (χ0n) is 14.7. The van der Waals surface area contributed by atoms with Crippen LogP contribution < -0.4 is 10.5 Å². The molecule has 3 aromatic rings. The highest BCUT2D eigenvalue weighted by molar-refractivity contribution is 5.94. The Morgan fingerprint density at radius 2 is 2.00 bits per heavy atom. The Morgan fingerprint density at radius 1 is 1.28 bits per heavy atom. The second kappa shape index (κ2) is 6.11. The van der Waals surface area contributed by atoms with E-state index in [-0.39, 0.29) is 6.61 Å². The molecule has 128 valence electrons. The summed E-state index contributed by atoms with van der Waals surface area (Å²) in [4.78, 5) is 4.51. The van der Waals surface area contributed by atoms with Crippen molar-refractivity contribution in [2.24, 2.45) is 0 Å². The number of benzene rings is 1. The monoisotopic (exact) mass is 336 g/mol. The lowest BCUT2D eigenvalue weighted by atomic mass is 10.1. The second-order valence-electron chi connectivity index (χ2n) is 6.04. The number of anilines is 1. The van der Waals surface area contributed by atoms with E-state index in [2.05, 4.69) is 11.1 Å². The highest BCUT2D eigenvalue weighted by Crippen LogP contribution is 2.37. The first-order valence-corrected chi connectivity index (χ1v) is 7.90. The highest BCUT2D eigenvalue weighted by atomic mass is 16.5. The van der Waals surface area contributed by atoms with E-state index >= 15 is 0 Å². The van der Waals surface area contributed by atoms with Crippen LogP contribution in [0.4, 0.5) is 5.82 Å². The minimum atomic E-state index is -0.181. The van der Waals surface area contributed by atoms with Crippen molar-refractivity contribution in [1.82, 2.24) is 9.55 Å². The van der Waals surface area contributed by atoms with Gasteiger partial charge >= 0.3 is 0 Å². The number of aliphatic hydroxyl groups excluding tert-OH is 1. The Bertz CT molecular complexity index is 1030. The smallest absolute Gasteiger partial charge is 0.147 e. The van der Waals surface area contributed by atoms with Crippen LogP contribution in [0.15, 0.2) is 18.3 Å². The molecule has 6 heteroatoms. The van der Waals surface area contributed by atoms with Crippen LogP contribution in [0, 0.1) is 32.1 Å². The molecule has 0 amide bonds. The van der Waals surface area contributed by atoms with Crippen molar-refractivity contribution in [3.05, 3.63) is 46.1 Å². The van der Waals surface area contributed by atoms with Crippen molar-refractivity contribution < 1.29 is 9.84 Å². The first-order valence-electron chi connectivity index (χ1n) is 7.90. The molecule has 0 unspecified atom stereocenters. The topological polar surface area (TPSA) is 97.1 Å². The van der Waals surface area contributed by atoms with E-state index in [0.29, 0.717) is 28.0 Å². The molecule has 3 N–H and O–H groups in total. The number of pyridine rings is 1. The summed E-state index contributed by atoms with van der Waals surface area (Å²) in [5, 5.41) is 20.0. The fraction of sp³-hybridized carbons (Fsp3) is 0.263. The number of rotatable bonds is 3. The number of nitrogens with two attached hydrogens (primary N) is 1. The summed E-state index contributed by atoms with van der Waals surface area (Å²) in [6.45, 7) is 5.59. The van der Waals surface area contributed by atoms with Crippen LogP contribution in [-0.2, 0) is 6.61 Å². The molecule has 0 aliphatic heterocycles. The highest BCUT2D eigenvalue weighted by Gasteiger charge is 2.23. The van der Waals surface area contributed by atoms with E-state index in [1.807, 2.05) is 32.9 Å². The van der Waals surface area contributed by atoms with Gasteiger partial charge in [-0.1, -0.05) is 6.07 Å². The van der Waals surface area contributed by atoms with Gasteiger partial charge in [-0.05, 0) is 43.5 Å². The quantitative estimate of drug-likeness (QED) is 0.766. The van der Waals surface area contributed by atoms with Gasteiger partial charge in [0.2, 0.25) is 0 Å². The van der Waals surface area contributed by atoms with Gasteiger partial charge in [-0.25, -0.2) is 4.98 Å². The maximum absolute atomic E-state index is 9.79. The molecule has 0 spiro atoms. The number of hydrogen-bond acceptors (Lipinski definition) is 5. The lowest BCUT2D eigenvalue weighted by Crippen LogP contribution is -2.06. The minimum absolute atomic E-state index is 0.181. The maximum Gasteiger partial charge on any atom is 0.147 e. The number of nitrogen functional groups attached to an aromatic ring is 1. The van der Waals surface area contributed by atoms with Crippen LogP contribution in [-0.4, -0.2) is 21.8 Å². The average molecular weight is 336 g/mol. The number of aromatic nitrogens is 2. The van der Waals surface area contributed by atoms with Crippen LogP contribution in [0.2, 0.25) is 0 Å².